The Morgan fingerprint density at radius 2 is 1.68 bits per heavy atom. The summed E-state index contributed by atoms with van der Waals surface area (Å²) >= 11 is 9.75. The van der Waals surface area contributed by atoms with Crippen LogP contribution >= 0.6 is 47.8 Å². The van der Waals surface area contributed by atoms with Crippen molar-refractivity contribution in [3.05, 3.63) is 55.4 Å². The number of rotatable bonds is 2. The number of phenols is 1. The summed E-state index contributed by atoms with van der Waals surface area (Å²) in [5.74, 6) is -0.119. The summed E-state index contributed by atoms with van der Waals surface area (Å²) in [6.45, 7) is 0. The SMILES string of the molecule is O=C(Nc1cc(Br)c(O)c(Br)c1)c1cccc(Br)c1. The van der Waals surface area contributed by atoms with E-state index in [4.69, 9.17) is 0 Å². The molecule has 0 spiro atoms. The number of aromatic hydroxyl groups is 1. The zero-order chi connectivity index (χ0) is 14.0. The van der Waals surface area contributed by atoms with Crippen LogP contribution in [0, 0.1) is 0 Å². The fourth-order valence-electron chi connectivity index (χ4n) is 1.47. The van der Waals surface area contributed by atoms with E-state index in [9.17, 15) is 9.90 Å². The van der Waals surface area contributed by atoms with Gasteiger partial charge in [-0.05, 0) is 62.2 Å². The summed E-state index contributed by atoms with van der Waals surface area (Å²) in [6, 6.07) is 10.4. The lowest BCUT2D eigenvalue weighted by Gasteiger charge is -2.08. The fraction of sp³-hybridized carbons (Fsp3) is 0. The second kappa shape index (κ2) is 6.07. The van der Waals surface area contributed by atoms with E-state index in [0.717, 1.165) is 4.47 Å². The van der Waals surface area contributed by atoms with Gasteiger partial charge in [-0.1, -0.05) is 22.0 Å². The molecule has 0 aliphatic carbocycles. The molecule has 2 aromatic rings. The smallest absolute Gasteiger partial charge is 0.255 e. The monoisotopic (exact) mass is 447 g/mol. The molecule has 0 bridgehead atoms. The Kier molecular flexibility index (Phi) is 4.65. The van der Waals surface area contributed by atoms with Gasteiger partial charge in [-0.15, -0.1) is 0 Å². The molecule has 1 amide bonds. The van der Waals surface area contributed by atoms with E-state index < -0.39 is 0 Å². The van der Waals surface area contributed by atoms with E-state index in [0.29, 0.717) is 20.2 Å². The highest BCUT2D eigenvalue weighted by Crippen LogP contribution is 2.35. The van der Waals surface area contributed by atoms with E-state index in [1.807, 2.05) is 6.07 Å². The highest BCUT2D eigenvalue weighted by Gasteiger charge is 2.10. The maximum Gasteiger partial charge on any atom is 0.255 e. The molecule has 0 aliphatic heterocycles. The maximum atomic E-state index is 12.0. The first-order valence-corrected chi connectivity index (χ1v) is 7.60. The molecule has 19 heavy (non-hydrogen) atoms. The Morgan fingerprint density at radius 1 is 1.05 bits per heavy atom. The van der Waals surface area contributed by atoms with Crippen molar-refractivity contribution < 1.29 is 9.90 Å². The third-order valence-corrected chi connectivity index (χ3v) is 4.06. The van der Waals surface area contributed by atoms with Gasteiger partial charge in [0.15, 0.2) is 0 Å². The van der Waals surface area contributed by atoms with Crippen LogP contribution in [0.25, 0.3) is 0 Å². The Bertz CT molecular complexity index is 621. The molecule has 98 valence electrons. The number of amides is 1. The molecular weight excluding hydrogens is 442 g/mol. The molecule has 0 fully saturated rings. The van der Waals surface area contributed by atoms with Crippen molar-refractivity contribution in [3.8, 4) is 5.75 Å². The topological polar surface area (TPSA) is 49.3 Å². The minimum atomic E-state index is -0.217. The highest BCUT2D eigenvalue weighted by atomic mass is 79.9. The predicted molar refractivity (Wildman–Crippen MR) is 85.6 cm³/mol. The van der Waals surface area contributed by atoms with Gasteiger partial charge in [0.25, 0.3) is 5.91 Å². The standard InChI is InChI=1S/C13H8Br3NO2/c14-8-3-1-2-7(4-8)13(19)17-9-5-10(15)12(18)11(16)6-9/h1-6,18H,(H,17,19). The highest BCUT2D eigenvalue weighted by molar-refractivity contribution is 9.11. The number of nitrogens with one attached hydrogen (secondary N) is 1. The van der Waals surface area contributed by atoms with Gasteiger partial charge in [-0.3, -0.25) is 4.79 Å². The summed E-state index contributed by atoms with van der Waals surface area (Å²) < 4.78 is 1.85. The first-order chi connectivity index (χ1) is 8.97. The molecule has 6 heteroatoms. The van der Waals surface area contributed by atoms with E-state index in [1.165, 1.54) is 0 Å². The lowest BCUT2D eigenvalue weighted by atomic mass is 10.2. The summed E-state index contributed by atoms with van der Waals surface area (Å²) in [6.07, 6.45) is 0. The summed E-state index contributed by atoms with van der Waals surface area (Å²) in [4.78, 5) is 12.0. The van der Waals surface area contributed by atoms with Crippen molar-refractivity contribution in [2.75, 3.05) is 5.32 Å². The maximum absolute atomic E-state index is 12.0. The van der Waals surface area contributed by atoms with Crippen molar-refractivity contribution in [2.24, 2.45) is 0 Å². The molecule has 0 radical (unpaired) electrons. The molecule has 0 atom stereocenters. The van der Waals surface area contributed by atoms with Crippen LogP contribution in [-0.4, -0.2) is 11.0 Å². The second-order valence-corrected chi connectivity index (χ2v) is 6.38. The van der Waals surface area contributed by atoms with Gasteiger partial charge in [0.2, 0.25) is 0 Å². The molecule has 0 saturated carbocycles. The number of anilines is 1. The quantitative estimate of drug-likeness (QED) is 0.638. The molecule has 2 aromatic carbocycles. The number of carbonyl (C=O) groups excluding carboxylic acids is 1. The number of halogens is 3. The molecule has 0 aliphatic rings. The van der Waals surface area contributed by atoms with Gasteiger partial charge in [0, 0.05) is 15.7 Å². The molecule has 0 unspecified atom stereocenters. The Labute approximate surface area is 135 Å². The zero-order valence-corrected chi connectivity index (χ0v) is 14.2. The summed E-state index contributed by atoms with van der Waals surface area (Å²) in [7, 11) is 0. The summed E-state index contributed by atoms with van der Waals surface area (Å²) in [5.41, 5.74) is 1.14. The number of hydrogen-bond acceptors (Lipinski definition) is 2. The predicted octanol–water partition coefficient (Wildman–Crippen LogP) is 4.93. The largest absolute Gasteiger partial charge is 0.506 e. The number of benzene rings is 2. The Morgan fingerprint density at radius 3 is 2.26 bits per heavy atom. The molecule has 2 rings (SSSR count). The molecular formula is C13H8Br3NO2. The summed E-state index contributed by atoms with van der Waals surface area (Å²) in [5, 5.41) is 12.4. The minimum absolute atomic E-state index is 0.0976. The molecule has 3 nitrogen and oxygen atoms in total. The van der Waals surface area contributed by atoms with Crippen molar-refractivity contribution in [2.45, 2.75) is 0 Å². The van der Waals surface area contributed by atoms with E-state index in [2.05, 4.69) is 53.1 Å². The van der Waals surface area contributed by atoms with Crippen LogP contribution in [0.4, 0.5) is 5.69 Å². The van der Waals surface area contributed by atoms with E-state index in [-0.39, 0.29) is 11.7 Å². The molecule has 2 N–H and O–H groups in total. The third kappa shape index (κ3) is 3.58. The van der Waals surface area contributed by atoms with Crippen LogP contribution in [0.15, 0.2) is 49.8 Å². The van der Waals surface area contributed by atoms with Crippen LogP contribution in [0.1, 0.15) is 10.4 Å². The first-order valence-electron chi connectivity index (χ1n) is 5.22. The van der Waals surface area contributed by atoms with Crippen LogP contribution in [0.2, 0.25) is 0 Å². The Hall–Kier alpha value is -0.850. The van der Waals surface area contributed by atoms with E-state index in [1.54, 1.807) is 30.3 Å². The normalized spacial score (nSPS) is 10.3. The van der Waals surface area contributed by atoms with Crippen molar-refractivity contribution in [3.63, 3.8) is 0 Å². The average Bonchev–Trinajstić information content (AvgIpc) is 2.36. The first kappa shape index (κ1) is 14.6. The van der Waals surface area contributed by atoms with Gasteiger partial charge >= 0.3 is 0 Å². The molecule has 0 aromatic heterocycles. The van der Waals surface area contributed by atoms with Crippen LogP contribution < -0.4 is 5.32 Å². The van der Waals surface area contributed by atoms with Crippen molar-refractivity contribution in [1.82, 2.24) is 0 Å². The van der Waals surface area contributed by atoms with Gasteiger partial charge in [0.1, 0.15) is 5.75 Å². The third-order valence-electron chi connectivity index (χ3n) is 2.36. The number of phenolic OH excluding ortho intramolecular Hbond substituents is 1. The van der Waals surface area contributed by atoms with Crippen LogP contribution in [0.5, 0.6) is 5.75 Å². The minimum Gasteiger partial charge on any atom is -0.506 e. The Balaban J connectivity index is 2.24. The number of carbonyl (C=O) groups is 1. The average molecular weight is 450 g/mol. The van der Waals surface area contributed by atoms with Gasteiger partial charge in [-0.2, -0.15) is 0 Å². The number of hydrogen-bond donors (Lipinski definition) is 2. The lowest BCUT2D eigenvalue weighted by molar-refractivity contribution is 0.102. The van der Waals surface area contributed by atoms with Crippen LogP contribution in [0.3, 0.4) is 0 Å². The van der Waals surface area contributed by atoms with Crippen molar-refractivity contribution >= 4 is 59.4 Å². The van der Waals surface area contributed by atoms with Gasteiger partial charge in [-0.25, -0.2) is 0 Å². The molecule has 0 heterocycles. The van der Waals surface area contributed by atoms with E-state index >= 15 is 0 Å². The lowest BCUT2D eigenvalue weighted by Crippen LogP contribution is -2.11. The van der Waals surface area contributed by atoms with Crippen LogP contribution in [-0.2, 0) is 0 Å². The van der Waals surface area contributed by atoms with Crippen molar-refractivity contribution in [1.29, 1.82) is 0 Å². The fourth-order valence-corrected chi connectivity index (χ4v) is 3.06. The molecule has 0 saturated heterocycles. The van der Waals surface area contributed by atoms with Gasteiger partial charge < -0.3 is 10.4 Å². The van der Waals surface area contributed by atoms with Gasteiger partial charge in [0.05, 0.1) is 8.95 Å². The zero-order valence-electron chi connectivity index (χ0n) is 9.45. The second-order valence-electron chi connectivity index (χ2n) is 3.75.